The SMILES string of the molecule is C=CCN1C(=O)C(CC(=O)O)OC(c2cccc(OC)c2OC)c2cc(Cl)ccc21. The number of ether oxygens (including phenoxy) is 3. The van der Waals surface area contributed by atoms with Crippen molar-refractivity contribution >= 4 is 29.2 Å². The van der Waals surface area contributed by atoms with E-state index in [2.05, 4.69) is 6.58 Å². The van der Waals surface area contributed by atoms with Gasteiger partial charge in [-0.25, -0.2) is 0 Å². The molecule has 2 aromatic carbocycles. The second-order valence-corrected chi connectivity index (χ2v) is 7.06. The van der Waals surface area contributed by atoms with E-state index in [1.54, 1.807) is 42.5 Å². The van der Waals surface area contributed by atoms with Gasteiger partial charge in [0.05, 0.1) is 26.3 Å². The zero-order valence-corrected chi connectivity index (χ0v) is 17.4. The summed E-state index contributed by atoms with van der Waals surface area (Å²) in [7, 11) is 3.02. The molecule has 0 spiro atoms. The predicted octanol–water partition coefficient (Wildman–Crippen LogP) is 3.84. The number of para-hydroxylation sites is 1. The van der Waals surface area contributed by atoms with Gasteiger partial charge in [0.2, 0.25) is 0 Å². The molecule has 158 valence electrons. The first kappa shape index (κ1) is 21.7. The van der Waals surface area contributed by atoms with E-state index in [0.717, 1.165) is 0 Å². The van der Waals surface area contributed by atoms with Crippen LogP contribution in [-0.2, 0) is 14.3 Å². The van der Waals surface area contributed by atoms with Crippen molar-refractivity contribution in [3.8, 4) is 11.5 Å². The normalized spacial score (nSPS) is 18.4. The lowest BCUT2D eigenvalue weighted by atomic mass is 9.98. The van der Waals surface area contributed by atoms with Crippen molar-refractivity contribution in [2.45, 2.75) is 18.6 Å². The van der Waals surface area contributed by atoms with Crippen LogP contribution in [0.1, 0.15) is 23.7 Å². The number of carboxylic acid groups (broad SMARTS) is 1. The number of carbonyl (C=O) groups is 2. The fourth-order valence-corrected chi connectivity index (χ4v) is 3.72. The van der Waals surface area contributed by atoms with Gasteiger partial charge in [-0.2, -0.15) is 0 Å². The Labute approximate surface area is 179 Å². The van der Waals surface area contributed by atoms with Crippen LogP contribution in [0.4, 0.5) is 5.69 Å². The lowest BCUT2D eigenvalue weighted by molar-refractivity contribution is -0.146. The van der Waals surface area contributed by atoms with Crippen LogP contribution in [0.5, 0.6) is 11.5 Å². The fraction of sp³-hybridized carbons (Fsp3) is 0.273. The van der Waals surface area contributed by atoms with Gasteiger partial charge in [-0.15, -0.1) is 6.58 Å². The predicted molar refractivity (Wildman–Crippen MR) is 113 cm³/mol. The zero-order valence-electron chi connectivity index (χ0n) is 16.6. The van der Waals surface area contributed by atoms with Crippen LogP contribution >= 0.6 is 11.6 Å². The van der Waals surface area contributed by atoms with Gasteiger partial charge in [-0.05, 0) is 24.3 Å². The van der Waals surface area contributed by atoms with Gasteiger partial charge in [-0.3, -0.25) is 9.59 Å². The molecule has 0 fully saturated rings. The molecule has 0 saturated carbocycles. The molecule has 0 radical (unpaired) electrons. The highest BCUT2D eigenvalue weighted by molar-refractivity contribution is 6.30. The van der Waals surface area contributed by atoms with E-state index >= 15 is 0 Å². The molecule has 1 aliphatic heterocycles. The van der Waals surface area contributed by atoms with Gasteiger partial charge in [-0.1, -0.05) is 29.8 Å². The molecule has 0 aromatic heterocycles. The van der Waals surface area contributed by atoms with Gasteiger partial charge in [0.1, 0.15) is 12.2 Å². The first-order valence-electron chi connectivity index (χ1n) is 9.21. The molecule has 2 atom stereocenters. The van der Waals surface area contributed by atoms with Crippen LogP contribution in [0.15, 0.2) is 49.1 Å². The summed E-state index contributed by atoms with van der Waals surface area (Å²) in [6.07, 6.45) is -0.946. The molecule has 1 N–H and O–H groups in total. The Morgan fingerprint density at radius 2 is 2.03 bits per heavy atom. The van der Waals surface area contributed by atoms with Crippen molar-refractivity contribution in [1.29, 1.82) is 0 Å². The number of benzene rings is 2. The number of rotatable bonds is 7. The molecule has 3 rings (SSSR count). The number of fused-ring (bicyclic) bond motifs is 1. The molecule has 2 unspecified atom stereocenters. The maximum atomic E-state index is 13.2. The number of halogens is 1. The smallest absolute Gasteiger partial charge is 0.306 e. The molecule has 1 heterocycles. The maximum Gasteiger partial charge on any atom is 0.306 e. The van der Waals surface area contributed by atoms with Crippen LogP contribution < -0.4 is 14.4 Å². The summed E-state index contributed by atoms with van der Waals surface area (Å²) in [5.74, 6) is -0.706. The van der Waals surface area contributed by atoms with E-state index in [1.807, 2.05) is 0 Å². The average Bonchev–Trinajstić information content (AvgIpc) is 2.83. The molecule has 0 aliphatic carbocycles. The number of carboxylic acids is 1. The standard InChI is InChI=1S/C22H22ClNO6/c1-4-10-24-16-9-8-13(23)11-15(16)20(30-18(22(24)27)12-19(25)26)14-6-5-7-17(28-2)21(14)29-3/h4-9,11,18,20H,1,10,12H2,2-3H3,(H,25,26). The van der Waals surface area contributed by atoms with Crippen molar-refractivity contribution in [1.82, 2.24) is 0 Å². The maximum absolute atomic E-state index is 13.2. The van der Waals surface area contributed by atoms with Crippen molar-refractivity contribution in [2.24, 2.45) is 0 Å². The minimum Gasteiger partial charge on any atom is -0.493 e. The molecule has 1 aliphatic rings. The van der Waals surface area contributed by atoms with E-state index in [1.165, 1.54) is 19.1 Å². The van der Waals surface area contributed by atoms with Gasteiger partial charge in [0.15, 0.2) is 11.5 Å². The number of methoxy groups -OCH3 is 2. The third kappa shape index (κ3) is 4.13. The Bertz CT molecular complexity index is 976. The summed E-state index contributed by atoms with van der Waals surface area (Å²) in [6, 6.07) is 10.4. The molecule has 2 aromatic rings. The second kappa shape index (κ2) is 9.19. The summed E-state index contributed by atoms with van der Waals surface area (Å²) in [5, 5.41) is 9.81. The average molecular weight is 432 g/mol. The topological polar surface area (TPSA) is 85.3 Å². The van der Waals surface area contributed by atoms with E-state index in [0.29, 0.717) is 33.3 Å². The van der Waals surface area contributed by atoms with Crippen LogP contribution in [0.25, 0.3) is 0 Å². The van der Waals surface area contributed by atoms with E-state index in [-0.39, 0.29) is 6.54 Å². The lowest BCUT2D eigenvalue weighted by Gasteiger charge is -2.23. The molecular weight excluding hydrogens is 410 g/mol. The molecule has 30 heavy (non-hydrogen) atoms. The minimum atomic E-state index is -1.21. The number of hydrogen-bond acceptors (Lipinski definition) is 5. The van der Waals surface area contributed by atoms with Crippen molar-refractivity contribution in [3.63, 3.8) is 0 Å². The quantitative estimate of drug-likeness (QED) is 0.670. The second-order valence-electron chi connectivity index (χ2n) is 6.63. The summed E-state index contributed by atoms with van der Waals surface area (Å²) < 4.78 is 17.1. The number of amides is 1. The Morgan fingerprint density at radius 3 is 2.67 bits per heavy atom. The lowest BCUT2D eigenvalue weighted by Crippen LogP contribution is -2.40. The molecule has 0 saturated heterocycles. The van der Waals surface area contributed by atoms with E-state index < -0.39 is 30.5 Å². The van der Waals surface area contributed by atoms with E-state index in [9.17, 15) is 14.7 Å². The van der Waals surface area contributed by atoms with Gasteiger partial charge in [0.25, 0.3) is 5.91 Å². The summed E-state index contributed by atoms with van der Waals surface area (Å²) >= 11 is 6.27. The molecule has 0 bridgehead atoms. The van der Waals surface area contributed by atoms with Crippen LogP contribution in [0.3, 0.4) is 0 Å². The number of hydrogen-bond donors (Lipinski definition) is 1. The first-order chi connectivity index (χ1) is 14.4. The Morgan fingerprint density at radius 1 is 1.27 bits per heavy atom. The minimum absolute atomic E-state index is 0.189. The molecule has 8 heteroatoms. The summed E-state index contributed by atoms with van der Waals surface area (Å²) in [4.78, 5) is 26.1. The van der Waals surface area contributed by atoms with Crippen LogP contribution in [0.2, 0.25) is 5.02 Å². The van der Waals surface area contributed by atoms with Crippen molar-refractivity contribution in [3.05, 3.63) is 65.2 Å². The molecule has 1 amide bonds. The van der Waals surface area contributed by atoms with E-state index in [4.69, 9.17) is 25.8 Å². The largest absolute Gasteiger partial charge is 0.493 e. The highest BCUT2D eigenvalue weighted by atomic mass is 35.5. The number of carbonyl (C=O) groups excluding carboxylic acids is 1. The van der Waals surface area contributed by atoms with Gasteiger partial charge >= 0.3 is 5.97 Å². The highest BCUT2D eigenvalue weighted by Crippen LogP contribution is 2.45. The Kier molecular flexibility index (Phi) is 6.64. The molecule has 7 nitrogen and oxygen atoms in total. The van der Waals surface area contributed by atoms with Crippen LogP contribution in [-0.4, -0.2) is 43.9 Å². The van der Waals surface area contributed by atoms with Crippen LogP contribution in [0, 0.1) is 0 Å². The third-order valence-corrected chi connectivity index (χ3v) is 5.03. The number of anilines is 1. The number of aliphatic carboxylic acids is 1. The zero-order chi connectivity index (χ0) is 21.8. The molecular formula is C22H22ClNO6. The highest BCUT2D eigenvalue weighted by Gasteiger charge is 2.38. The fourth-order valence-electron chi connectivity index (χ4n) is 3.54. The van der Waals surface area contributed by atoms with Gasteiger partial charge in [0, 0.05) is 22.7 Å². The van der Waals surface area contributed by atoms with Gasteiger partial charge < -0.3 is 24.2 Å². The van der Waals surface area contributed by atoms with Crippen molar-refractivity contribution in [2.75, 3.05) is 25.7 Å². The monoisotopic (exact) mass is 431 g/mol. The first-order valence-corrected chi connectivity index (χ1v) is 9.58. The van der Waals surface area contributed by atoms with Crippen molar-refractivity contribution < 1.29 is 28.9 Å². The third-order valence-electron chi connectivity index (χ3n) is 4.79. The Hall–Kier alpha value is -3.03. The number of nitrogens with zero attached hydrogens (tertiary/aromatic N) is 1. The Balaban J connectivity index is 2.26. The summed E-state index contributed by atoms with van der Waals surface area (Å²) in [6.45, 7) is 3.90. The summed E-state index contributed by atoms with van der Waals surface area (Å²) in [5.41, 5.74) is 1.76.